The van der Waals surface area contributed by atoms with Crippen molar-refractivity contribution in [1.29, 1.82) is 0 Å². The summed E-state index contributed by atoms with van der Waals surface area (Å²) in [7, 11) is 1.53. The molecule has 0 spiro atoms. The van der Waals surface area contributed by atoms with E-state index in [4.69, 9.17) is 10.5 Å². The number of phenols is 1. The van der Waals surface area contributed by atoms with Crippen LogP contribution >= 0.6 is 0 Å². The molecular formula is C15H16N2O3. The number of phenolic OH excluding ortho intramolecular Hbond substituents is 1. The number of nitrogen functional groups attached to an aromatic ring is 1. The minimum absolute atomic E-state index is 0.0357. The van der Waals surface area contributed by atoms with Crippen molar-refractivity contribution in [2.24, 2.45) is 0 Å². The molecule has 0 radical (unpaired) electrons. The molecule has 0 bridgehead atoms. The van der Waals surface area contributed by atoms with Gasteiger partial charge in [-0.1, -0.05) is 12.1 Å². The Labute approximate surface area is 117 Å². The molecule has 0 aliphatic heterocycles. The van der Waals surface area contributed by atoms with Gasteiger partial charge in [0.1, 0.15) is 11.5 Å². The second-order valence-corrected chi connectivity index (χ2v) is 4.38. The quantitative estimate of drug-likeness (QED) is 0.750. The van der Waals surface area contributed by atoms with Gasteiger partial charge in [0.05, 0.1) is 24.0 Å². The molecule has 2 rings (SSSR count). The highest BCUT2D eigenvalue weighted by molar-refractivity contribution is 6.07. The van der Waals surface area contributed by atoms with Crippen LogP contribution < -0.4 is 15.8 Å². The van der Waals surface area contributed by atoms with Gasteiger partial charge in [-0.2, -0.15) is 0 Å². The number of hydrogen-bond acceptors (Lipinski definition) is 4. The lowest BCUT2D eigenvalue weighted by Crippen LogP contribution is -2.13. The molecule has 20 heavy (non-hydrogen) atoms. The van der Waals surface area contributed by atoms with Crippen LogP contribution in [-0.2, 0) is 0 Å². The van der Waals surface area contributed by atoms with Crippen LogP contribution in [0.4, 0.5) is 11.4 Å². The van der Waals surface area contributed by atoms with E-state index in [-0.39, 0.29) is 11.3 Å². The van der Waals surface area contributed by atoms with Crippen molar-refractivity contribution in [2.75, 3.05) is 18.2 Å². The number of carbonyl (C=O) groups excluding carboxylic acids is 1. The monoisotopic (exact) mass is 272 g/mol. The third-order valence-electron chi connectivity index (χ3n) is 2.99. The van der Waals surface area contributed by atoms with Crippen molar-refractivity contribution in [1.82, 2.24) is 0 Å². The number of nitrogens with two attached hydrogens (primary N) is 1. The van der Waals surface area contributed by atoms with E-state index in [1.807, 2.05) is 0 Å². The highest BCUT2D eigenvalue weighted by atomic mass is 16.5. The van der Waals surface area contributed by atoms with Crippen LogP contribution in [0.25, 0.3) is 0 Å². The maximum absolute atomic E-state index is 12.2. The molecule has 5 nitrogen and oxygen atoms in total. The fourth-order valence-electron chi connectivity index (χ4n) is 1.80. The molecular weight excluding hydrogens is 256 g/mol. The Balaban J connectivity index is 2.30. The number of amides is 1. The Morgan fingerprint density at radius 1 is 1.30 bits per heavy atom. The van der Waals surface area contributed by atoms with Gasteiger partial charge in [-0.3, -0.25) is 4.79 Å². The summed E-state index contributed by atoms with van der Waals surface area (Å²) in [6, 6.07) is 9.96. The van der Waals surface area contributed by atoms with Crippen molar-refractivity contribution >= 4 is 17.3 Å². The Morgan fingerprint density at radius 3 is 2.75 bits per heavy atom. The molecule has 0 atom stereocenters. The van der Waals surface area contributed by atoms with Gasteiger partial charge >= 0.3 is 0 Å². The fourth-order valence-corrected chi connectivity index (χ4v) is 1.80. The molecule has 0 saturated carbocycles. The third-order valence-corrected chi connectivity index (χ3v) is 2.99. The van der Waals surface area contributed by atoms with Crippen LogP contribution in [0.2, 0.25) is 0 Å². The average molecular weight is 272 g/mol. The molecule has 0 unspecified atom stereocenters. The number of aryl methyl sites for hydroxylation is 1. The molecule has 4 N–H and O–H groups in total. The summed E-state index contributed by atoms with van der Waals surface area (Å²) in [5.74, 6) is 0.126. The number of ether oxygens (including phenoxy) is 1. The Hall–Kier alpha value is -2.69. The number of carbonyl (C=O) groups is 1. The van der Waals surface area contributed by atoms with Gasteiger partial charge in [0.2, 0.25) is 0 Å². The van der Waals surface area contributed by atoms with Crippen molar-refractivity contribution < 1.29 is 14.6 Å². The average Bonchev–Trinajstić information content (AvgIpc) is 2.44. The van der Waals surface area contributed by atoms with Crippen molar-refractivity contribution in [3.8, 4) is 11.5 Å². The zero-order valence-corrected chi connectivity index (χ0v) is 11.3. The standard InChI is InChI=1S/C15H16N2O3/c1-9-4-3-5-11(14(9)18)15(19)17-13-8-10(20-2)6-7-12(13)16/h3-8,18H,16H2,1-2H3,(H,17,19). The number of benzene rings is 2. The molecule has 0 aromatic heterocycles. The lowest BCUT2D eigenvalue weighted by atomic mass is 10.1. The van der Waals surface area contributed by atoms with Gasteiger partial charge in [-0.05, 0) is 30.7 Å². The summed E-state index contributed by atoms with van der Waals surface area (Å²) < 4.78 is 5.08. The zero-order chi connectivity index (χ0) is 14.7. The molecule has 0 saturated heterocycles. The number of hydrogen-bond donors (Lipinski definition) is 3. The molecule has 104 valence electrons. The van der Waals surface area contributed by atoms with Crippen LogP contribution in [-0.4, -0.2) is 18.1 Å². The zero-order valence-electron chi connectivity index (χ0n) is 11.3. The SMILES string of the molecule is COc1ccc(N)c(NC(=O)c2cccc(C)c2O)c1. The van der Waals surface area contributed by atoms with Crippen molar-refractivity contribution in [3.05, 3.63) is 47.5 Å². The largest absolute Gasteiger partial charge is 0.507 e. The lowest BCUT2D eigenvalue weighted by molar-refractivity contribution is 0.102. The minimum Gasteiger partial charge on any atom is -0.507 e. The summed E-state index contributed by atoms with van der Waals surface area (Å²) in [5.41, 5.74) is 7.50. The summed E-state index contributed by atoms with van der Waals surface area (Å²) in [4.78, 5) is 12.2. The number of aromatic hydroxyl groups is 1. The van der Waals surface area contributed by atoms with Gasteiger partial charge in [-0.15, -0.1) is 0 Å². The van der Waals surface area contributed by atoms with E-state index in [9.17, 15) is 9.90 Å². The molecule has 0 aliphatic carbocycles. The predicted octanol–water partition coefficient (Wildman–Crippen LogP) is 2.54. The molecule has 2 aromatic rings. The van der Waals surface area contributed by atoms with Crippen LogP contribution in [0.15, 0.2) is 36.4 Å². The lowest BCUT2D eigenvalue weighted by Gasteiger charge is -2.11. The second-order valence-electron chi connectivity index (χ2n) is 4.38. The molecule has 0 fully saturated rings. The fraction of sp³-hybridized carbons (Fsp3) is 0.133. The summed E-state index contributed by atoms with van der Waals surface area (Å²) >= 11 is 0. The summed E-state index contributed by atoms with van der Waals surface area (Å²) in [5, 5.41) is 12.6. The smallest absolute Gasteiger partial charge is 0.259 e. The van der Waals surface area contributed by atoms with E-state index >= 15 is 0 Å². The number of para-hydroxylation sites is 1. The number of nitrogens with one attached hydrogen (secondary N) is 1. The highest BCUT2D eigenvalue weighted by Gasteiger charge is 2.14. The van der Waals surface area contributed by atoms with Gasteiger partial charge in [0, 0.05) is 6.07 Å². The summed E-state index contributed by atoms with van der Waals surface area (Å²) in [6.07, 6.45) is 0. The minimum atomic E-state index is -0.425. The maximum Gasteiger partial charge on any atom is 0.259 e. The van der Waals surface area contributed by atoms with E-state index in [2.05, 4.69) is 5.32 Å². The van der Waals surface area contributed by atoms with E-state index in [0.717, 1.165) is 0 Å². The van der Waals surface area contributed by atoms with Crippen LogP contribution in [0.3, 0.4) is 0 Å². The van der Waals surface area contributed by atoms with Gasteiger partial charge in [0.25, 0.3) is 5.91 Å². The molecule has 1 amide bonds. The molecule has 2 aromatic carbocycles. The van der Waals surface area contributed by atoms with Crippen LogP contribution in [0, 0.1) is 6.92 Å². The Kier molecular flexibility index (Phi) is 3.79. The van der Waals surface area contributed by atoms with Gasteiger partial charge in [0.15, 0.2) is 0 Å². The molecule has 0 aliphatic rings. The van der Waals surface area contributed by atoms with Crippen molar-refractivity contribution in [3.63, 3.8) is 0 Å². The Morgan fingerprint density at radius 2 is 2.05 bits per heavy atom. The first-order chi connectivity index (χ1) is 9.52. The molecule has 0 heterocycles. The third kappa shape index (κ3) is 2.66. The second kappa shape index (κ2) is 5.52. The predicted molar refractivity (Wildman–Crippen MR) is 78.2 cm³/mol. The molecule has 5 heteroatoms. The van der Waals surface area contributed by atoms with Gasteiger partial charge in [-0.25, -0.2) is 0 Å². The maximum atomic E-state index is 12.2. The van der Waals surface area contributed by atoms with E-state index in [1.165, 1.54) is 7.11 Å². The summed E-state index contributed by atoms with van der Waals surface area (Å²) in [6.45, 7) is 1.73. The first kappa shape index (κ1) is 13.7. The van der Waals surface area contributed by atoms with E-state index in [1.54, 1.807) is 43.3 Å². The highest BCUT2D eigenvalue weighted by Crippen LogP contribution is 2.27. The normalized spacial score (nSPS) is 10.1. The van der Waals surface area contributed by atoms with Gasteiger partial charge < -0.3 is 20.9 Å². The first-order valence-electron chi connectivity index (χ1n) is 6.06. The number of methoxy groups -OCH3 is 1. The first-order valence-corrected chi connectivity index (χ1v) is 6.06. The van der Waals surface area contributed by atoms with E-state index in [0.29, 0.717) is 22.7 Å². The van der Waals surface area contributed by atoms with E-state index < -0.39 is 5.91 Å². The van der Waals surface area contributed by atoms with Crippen LogP contribution in [0.5, 0.6) is 11.5 Å². The topological polar surface area (TPSA) is 84.6 Å². The Bertz CT molecular complexity index is 654. The number of rotatable bonds is 3. The van der Waals surface area contributed by atoms with Crippen LogP contribution in [0.1, 0.15) is 15.9 Å². The number of anilines is 2. The van der Waals surface area contributed by atoms with Crippen molar-refractivity contribution in [2.45, 2.75) is 6.92 Å².